The Balaban J connectivity index is 1.68. The predicted molar refractivity (Wildman–Crippen MR) is 73.4 cm³/mol. The van der Waals surface area contributed by atoms with Crippen molar-refractivity contribution in [3.05, 3.63) is 16.1 Å². The van der Waals surface area contributed by atoms with Gasteiger partial charge in [0.25, 0.3) is 0 Å². The number of piperidine rings is 1. The Morgan fingerprint density at radius 2 is 2.24 bits per heavy atom. The summed E-state index contributed by atoms with van der Waals surface area (Å²) in [5, 5.41) is 4.86. The maximum atomic E-state index is 4.39. The maximum absolute atomic E-state index is 4.39. The zero-order valence-electron chi connectivity index (χ0n) is 10.9. The van der Waals surface area contributed by atoms with Gasteiger partial charge in [-0.25, -0.2) is 4.98 Å². The molecule has 0 spiro atoms. The number of rotatable bonds is 5. The van der Waals surface area contributed by atoms with Gasteiger partial charge in [-0.3, -0.25) is 0 Å². The summed E-state index contributed by atoms with van der Waals surface area (Å²) in [7, 11) is 0. The molecule has 0 aliphatic carbocycles. The quantitative estimate of drug-likeness (QED) is 0.873. The van der Waals surface area contributed by atoms with Crippen LogP contribution in [0.3, 0.4) is 0 Å². The van der Waals surface area contributed by atoms with E-state index in [0.29, 0.717) is 6.04 Å². The molecule has 0 aromatic carbocycles. The summed E-state index contributed by atoms with van der Waals surface area (Å²) < 4.78 is 0. The number of nitrogens with zero attached hydrogens (tertiary/aromatic N) is 2. The van der Waals surface area contributed by atoms with Crippen LogP contribution in [0.4, 0.5) is 0 Å². The fraction of sp³-hybridized carbons (Fsp3) is 0.769. The lowest BCUT2D eigenvalue weighted by molar-refractivity contribution is 0.197. The molecule has 0 unspecified atom stereocenters. The third kappa shape index (κ3) is 4.05. The largest absolute Gasteiger partial charge is 0.308 e. The van der Waals surface area contributed by atoms with Crippen LogP contribution in [0.2, 0.25) is 0 Å². The van der Waals surface area contributed by atoms with Gasteiger partial charge in [0, 0.05) is 23.7 Å². The van der Waals surface area contributed by atoms with E-state index in [2.05, 4.69) is 29.0 Å². The summed E-state index contributed by atoms with van der Waals surface area (Å²) in [6.45, 7) is 9.08. The molecule has 2 rings (SSSR count). The molecule has 1 aromatic rings. The van der Waals surface area contributed by atoms with Gasteiger partial charge in [-0.2, -0.15) is 0 Å². The van der Waals surface area contributed by atoms with E-state index in [9.17, 15) is 0 Å². The standard InChI is InChI=1S/C13H23N3S/c1-3-6-16-7-4-12(5-8-16)14-10-13-15-9-11(2)17-13/h9,12,14H,3-8,10H2,1-2H3. The fourth-order valence-electron chi connectivity index (χ4n) is 2.39. The van der Waals surface area contributed by atoms with E-state index in [4.69, 9.17) is 0 Å². The smallest absolute Gasteiger partial charge is 0.107 e. The van der Waals surface area contributed by atoms with Crippen LogP contribution in [0.5, 0.6) is 0 Å². The monoisotopic (exact) mass is 253 g/mol. The van der Waals surface area contributed by atoms with E-state index >= 15 is 0 Å². The number of likely N-dealkylation sites (tertiary alicyclic amines) is 1. The molecule has 1 aliphatic rings. The van der Waals surface area contributed by atoms with Crippen LogP contribution < -0.4 is 5.32 Å². The maximum Gasteiger partial charge on any atom is 0.107 e. The second-order valence-corrected chi connectivity index (χ2v) is 6.18. The molecule has 1 saturated heterocycles. The van der Waals surface area contributed by atoms with Crippen molar-refractivity contribution in [3.63, 3.8) is 0 Å². The third-order valence-electron chi connectivity index (χ3n) is 3.34. The molecule has 1 N–H and O–H groups in total. The van der Waals surface area contributed by atoms with Crippen molar-refractivity contribution in [1.29, 1.82) is 0 Å². The molecule has 3 nitrogen and oxygen atoms in total. The van der Waals surface area contributed by atoms with E-state index in [1.165, 1.54) is 48.8 Å². The molecular formula is C13H23N3S. The molecule has 1 aromatic heterocycles. The number of nitrogens with one attached hydrogen (secondary N) is 1. The van der Waals surface area contributed by atoms with E-state index in [1.807, 2.05) is 6.20 Å². The first-order chi connectivity index (χ1) is 8.28. The van der Waals surface area contributed by atoms with Crippen molar-refractivity contribution >= 4 is 11.3 Å². The minimum Gasteiger partial charge on any atom is -0.308 e. The van der Waals surface area contributed by atoms with Crippen molar-refractivity contribution in [2.75, 3.05) is 19.6 Å². The highest BCUT2D eigenvalue weighted by molar-refractivity contribution is 7.11. The minimum absolute atomic E-state index is 0.687. The van der Waals surface area contributed by atoms with Crippen LogP contribution in [0.25, 0.3) is 0 Å². The van der Waals surface area contributed by atoms with Crippen LogP contribution >= 0.6 is 11.3 Å². The molecule has 96 valence electrons. The van der Waals surface area contributed by atoms with Gasteiger partial charge in [0.2, 0.25) is 0 Å². The highest BCUT2D eigenvalue weighted by atomic mass is 32.1. The molecule has 4 heteroatoms. The third-order valence-corrected chi connectivity index (χ3v) is 4.25. The lowest BCUT2D eigenvalue weighted by Gasteiger charge is -2.32. The average Bonchev–Trinajstić information content (AvgIpc) is 2.75. The van der Waals surface area contributed by atoms with E-state index in [1.54, 1.807) is 11.3 Å². The molecule has 1 fully saturated rings. The van der Waals surface area contributed by atoms with E-state index < -0.39 is 0 Å². The minimum atomic E-state index is 0.687. The molecule has 0 amide bonds. The number of thiazole rings is 1. The Morgan fingerprint density at radius 1 is 1.47 bits per heavy atom. The molecule has 17 heavy (non-hydrogen) atoms. The van der Waals surface area contributed by atoms with Gasteiger partial charge in [0.15, 0.2) is 0 Å². The SMILES string of the molecule is CCCN1CCC(NCc2ncc(C)s2)CC1. The zero-order chi connectivity index (χ0) is 12.1. The highest BCUT2D eigenvalue weighted by Gasteiger charge is 2.18. The fourth-order valence-corrected chi connectivity index (χ4v) is 3.13. The van der Waals surface area contributed by atoms with Crippen LogP contribution in [0.1, 0.15) is 36.1 Å². The molecule has 2 heterocycles. The van der Waals surface area contributed by atoms with E-state index in [0.717, 1.165) is 6.54 Å². The first-order valence-electron chi connectivity index (χ1n) is 6.65. The van der Waals surface area contributed by atoms with Crippen LogP contribution in [-0.2, 0) is 6.54 Å². The zero-order valence-corrected chi connectivity index (χ0v) is 11.7. The van der Waals surface area contributed by atoms with Gasteiger partial charge >= 0.3 is 0 Å². The first-order valence-corrected chi connectivity index (χ1v) is 7.46. The van der Waals surface area contributed by atoms with Crippen LogP contribution in [0, 0.1) is 6.92 Å². The van der Waals surface area contributed by atoms with Gasteiger partial charge in [-0.05, 0) is 45.8 Å². The highest BCUT2D eigenvalue weighted by Crippen LogP contribution is 2.14. The second kappa shape index (κ2) is 6.47. The summed E-state index contributed by atoms with van der Waals surface area (Å²) in [5.41, 5.74) is 0. The van der Waals surface area contributed by atoms with E-state index in [-0.39, 0.29) is 0 Å². The van der Waals surface area contributed by atoms with Crippen molar-refractivity contribution in [1.82, 2.24) is 15.2 Å². The number of hydrogen-bond acceptors (Lipinski definition) is 4. The normalized spacial score (nSPS) is 18.7. The molecule has 0 bridgehead atoms. The van der Waals surface area contributed by atoms with Gasteiger partial charge in [-0.15, -0.1) is 11.3 Å². The Morgan fingerprint density at radius 3 is 2.82 bits per heavy atom. The second-order valence-electron chi connectivity index (χ2n) is 4.86. The van der Waals surface area contributed by atoms with Gasteiger partial charge in [0.05, 0.1) is 0 Å². The topological polar surface area (TPSA) is 28.2 Å². The molecular weight excluding hydrogens is 230 g/mol. The summed E-state index contributed by atoms with van der Waals surface area (Å²) in [6, 6.07) is 0.687. The molecule has 1 aliphatic heterocycles. The summed E-state index contributed by atoms with van der Waals surface area (Å²) in [6.07, 6.45) is 5.80. The van der Waals surface area contributed by atoms with Crippen molar-refractivity contribution < 1.29 is 0 Å². The molecule has 0 atom stereocenters. The number of aromatic nitrogens is 1. The Hall–Kier alpha value is -0.450. The lowest BCUT2D eigenvalue weighted by atomic mass is 10.1. The van der Waals surface area contributed by atoms with Crippen molar-refractivity contribution in [2.45, 2.75) is 45.7 Å². The summed E-state index contributed by atoms with van der Waals surface area (Å²) in [5.74, 6) is 0. The van der Waals surface area contributed by atoms with Crippen LogP contribution in [0.15, 0.2) is 6.20 Å². The number of hydrogen-bond donors (Lipinski definition) is 1. The molecule has 0 radical (unpaired) electrons. The predicted octanol–water partition coefficient (Wildman–Crippen LogP) is 2.42. The molecule has 0 saturated carbocycles. The Labute approximate surface area is 108 Å². The first kappa shape index (κ1) is 13.0. The van der Waals surface area contributed by atoms with Crippen LogP contribution in [-0.4, -0.2) is 35.6 Å². The van der Waals surface area contributed by atoms with Gasteiger partial charge in [0.1, 0.15) is 5.01 Å². The Bertz CT molecular complexity index is 329. The summed E-state index contributed by atoms with van der Waals surface area (Å²) in [4.78, 5) is 8.27. The van der Waals surface area contributed by atoms with Crippen molar-refractivity contribution in [2.24, 2.45) is 0 Å². The summed E-state index contributed by atoms with van der Waals surface area (Å²) >= 11 is 1.80. The Kier molecular flexibility index (Phi) is 4.95. The lowest BCUT2D eigenvalue weighted by Crippen LogP contribution is -2.42. The van der Waals surface area contributed by atoms with Gasteiger partial charge in [-0.1, -0.05) is 6.92 Å². The van der Waals surface area contributed by atoms with Gasteiger partial charge < -0.3 is 10.2 Å². The van der Waals surface area contributed by atoms with Crippen molar-refractivity contribution in [3.8, 4) is 0 Å². The number of aryl methyl sites for hydroxylation is 1. The average molecular weight is 253 g/mol.